The zero-order valence-corrected chi connectivity index (χ0v) is 8.33. The number of aldehydes is 1. The van der Waals surface area contributed by atoms with Crippen LogP contribution in [0.25, 0.3) is 0 Å². The number of hydrogen-bond acceptors (Lipinski definition) is 4. The van der Waals surface area contributed by atoms with E-state index in [-0.39, 0.29) is 6.29 Å². The van der Waals surface area contributed by atoms with Crippen molar-refractivity contribution in [3.05, 3.63) is 34.4 Å². The summed E-state index contributed by atoms with van der Waals surface area (Å²) in [6, 6.07) is 1.97. The summed E-state index contributed by atoms with van der Waals surface area (Å²) in [6.45, 7) is 0. The fraction of sp³-hybridized carbons (Fsp3) is 0.300. The first-order chi connectivity index (χ1) is 6.92. The molecule has 0 aromatic carbocycles. The average Bonchev–Trinajstić information content (AvgIpc) is 2.84. The molecule has 1 aromatic rings. The van der Waals surface area contributed by atoms with E-state index in [1.165, 1.54) is 12.5 Å². The first-order valence-electron chi connectivity index (χ1n) is 4.37. The maximum Gasteiger partial charge on any atom is 0.267 e. The van der Waals surface area contributed by atoms with Gasteiger partial charge in [-0.25, -0.2) is 0 Å². The van der Waals surface area contributed by atoms with Gasteiger partial charge in [0.25, 0.3) is 6.29 Å². The SMILES string of the molecule is O=CCCc1sccc1C1OC=CO1. The largest absolute Gasteiger partial charge is 0.455 e. The molecule has 0 spiro atoms. The van der Waals surface area contributed by atoms with Crippen molar-refractivity contribution in [2.75, 3.05) is 0 Å². The highest BCUT2D eigenvalue weighted by Crippen LogP contribution is 2.30. The first-order valence-corrected chi connectivity index (χ1v) is 5.25. The normalized spacial score (nSPS) is 15.1. The van der Waals surface area contributed by atoms with E-state index < -0.39 is 0 Å². The molecule has 0 N–H and O–H groups in total. The van der Waals surface area contributed by atoms with E-state index in [1.54, 1.807) is 11.3 Å². The minimum absolute atomic E-state index is 0.317. The number of hydrogen-bond donors (Lipinski definition) is 0. The van der Waals surface area contributed by atoms with Crippen molar-refractivity contribution < 1.29 is 14.3 Å². The average molecular weight is 210 g/mol. The number of carbonyl (C=O) groups is 1. The standard InChI is InChI=1S/C10H10O3S/c11-4-1-2-9-8(3-7-14-9)10-12-5-6-13-10/h3-7,10H,1-2H2. The quantitative estimate of drug-likeness (QED) is 0.716. The number of ether oxygens (including phenoxy) is 2. The Morgan fingerprint density at radius 3 is 2.93 bits per heavy atom. The van der Waals surface area contributed by atoms with Gasteiger partial charge in [0.15, 0.2) is 0 Å². The molecule has 1 aromatic heterocycles. The Bertz CT molecular complexity index is 335. The molecule has 74 valence electrons. The van der Waals surface area contributed by atoms with Gasteiger partial charge in [-0.05, 0) is 17.9 Å². The van der Waals surface area contributed by atoms with Gasteiger partial charge in [0, 0.05) is 16.9 Å². The van der Waals surface area contributed by atoms with Crippen LogP contribution in [0.2, 0.25) is 0 Å². The molecule has 0 fully saturated rings. The second-order valence-electron chi connectivity index (χ2n) is 2.88. The molecule has 3 nitrogen and oxygen atoms in total. The molecule has 1 aliphatic rings. The van der Waals surface area contributed by atoms with Gasteiger partial charge in [-0.1, -0.05) is 0 Å². The summed E-state index contributed by atoms with van der Waals surface area (Å²) in [5, 5.41) is 1.99. The second-order valence-corrected chi connectivity index (χ2v) is 3.88. The highest BCUT2D eigenvalue weighted by molar-refractivity contribution is 7.10. The molecule has 0 unspecified atom stereocenters. The van der Waals surface area contributed by atoms with Gasteiger partial charge in [0.1, 0.15) is 18.8 Å². The third kappa shape index (κ3) is 1.80. The number of thiophene rings is 1. The Kier molecular flexibility index (Phi) is 2.84. The fourth-order valence-corrected chi connectivity index (χ4v) is 2.25. The van der Waals surface area contributed by atoms with Crippen LogP contribution in [0.1, 0.15) is 23.2 Å². The van der Waals surface area contributed by atoms with E-state index in [9.17, 15) is 4.79 Å². The van der Waals surface area contributed by atoms with Crippen LogP contribution in [0.4, 0.5) is 0 Å². The molecule has 4 heteroatoms. The predicted octanol–water partition coefficient (Wildman–Crippen LogP) is 2.40. The molecular formula is C10H10O3S. The maximum atomic E-state index is 10.3. The lowest BCUT2D eigenvalue weighted by Gasteiger charge is -2.10. The van der Waals surface area contributed by atoms with Crippen molar-refractivity contribution in [2.45, 2.75) is 19.1 Å². The van der Waals surface area contributed by atoms with Crippen molar-refractivity contribution in [3.63, 3.8) is 0 Å². The highest BCUT2D eigenvalue weighted by Gasteiger charge is 2.19. The van der Waals surface area contributed by atoms with Gasteiger partial charge in [0.05, 0.1) is 0 Å². The molecule has 0 amide bonds. The second kappa shape index (κ2) is 4.28. The number of aryl methyl sites for hydroxylation is 1. The minimum Gasteiger partial charge on any atom is -0.455 e. The van der Waals surface area contributed by atoms with E-state index in [0.29, 0.717) is 6.42 Å². The van der Waals surface area contributed by atoms with E-state index in [4.69, 9.17) is 9.47 Å². The summed E-state index contributed by atoms with van der Waals surface area (Å²) in [4.78, 5) is 11.4. The third-order valence-electron chi connectivity index (χ3n) is 1.98. The van der Waals surface area contributed by atoms with E-state index in [2.05, 4.69) is 0 Å². The topological polar surface area (TPSA) is 35.5 Å². The third-order valence-corrected chi connectivity index (χ3v) is 2.98. The zero-order valence-electron chi connectivity index (χ0n) is 7.51. The molecule has 0 saturated heterocycles. The lowest BCUT2D eigenvalue weighted by Crippen LogP contribution is -1.99. The molecule has 14 heavy (non-hydrogen) atoms. The van der Waals surface area contributed by atoms with Gasteiger partial charge >= 0.3 is 0 Å². The van der Waals surface area contributed by atoms with Crippen LogP contribution in [0.15, 0.2) is 24.0 Å². The molecule has 0 radical (unpaired) electrons. The molecule has 2 heterocycles. The smallest absolute Gasteiger partial charge is 0.267 e. The number of rotatable bonds is 4. The lowest BCUT2D eigenvalue weighted by molar-refractivity contribution is -0.107. The summed E-state index contributed by atoms with van der Waals surface area (Å²) >= 11 is 1.63. The van der Waals surface area contributed by atoms with Crippen LogP contribution in [0, 0.1) is 0 Å². The van der Waals surface area contributed by atoms with Gasteiger partial charge in [-0.15, -0.1) is 11.3 Å². The Morgan fingerprint density at radius 1 is 1.43 bits per heavy atom. The van der Waals surface area contributed by atoms with E-state index in [1.807, 2.05) is 11.4 Å². The van der Waals surface area contributed by atoms with Crippen molar-refractivity contribution in [1.82, 2.24) is 0 Å². The molecule has 0 saturated carbocycles. The van der Waals surface area contributed by atoms with Crippen LogP contribution < -0.4 is 0 Å². The number of carbonyl (C=O) groups excluding carboxylic acids is 1. The first kappa shape index (κ1) is 9.27. The Hall–Kier alpha value is -1.29. The van der Waals surface area contributed by atoms with Crippen molar-refractivity contribution in [1.29, 1.82) is 0 Å². The summed E-state index contributed by atoms with van der Waals surface area (Å²) in [7, 11) is 0. The highest BCUT2D eigenvalue weighted by atomic mass is 32.1. The molecule has 1 aliphatic heterocycles. The Labute approximate surface area is 86.0 Å². The minimum atomic E-state index is -0.317. The summed E-state index contributed by atoms with van der Waals surface area (Å²) < 4.78 is 10.5. The van der Waals surface area contributed by atoms with Gasteiger partial charge in [-0.3, -0.25) is 0 Å². The Morgan fingerprint density at radius 2 is 2.21 bits per heavy atom. The van der Waals surface area contributed by atoms with Gasteiger partial charge in [-0.2, -0.15) is 0 Å². The van der Waals surface area contributed by atoms with Crippen LogP contribution >= 0.6 is 11.3 Å². The van der Waals surface area contributed by atoms with Crippen molar-refractivity contribution >= 4 is 17.6 Å². The summed E-state index contributed by atoms with van der Waals surface area (Å²) in [5.74, 6) is 0. The molecular weight excluding hydrogens is 200 g/mol. The molecule has 0 atom stereocenters. The Balaban J connectivity index is 2.08. The zero-order chi connectivity index (χ0) is 9.80. The predicted molar refractivity (Wildman–Crippen MR) is 52.8 cm³/mol. The van der Waals surface area contributed by atoms with Gasteiger partial charge in [0.2, 0.25) is 0 Å². The monoisotopic (exact) mass is 210 g/mol. The van der Waals surface area contributed by atoms with Crippen LogP contribution in [-0.2, 0) is 20.7 Å². The molecule has 0 aliphatic carbocycles. The molecule has 0 bridgehead atoms. The van der Waals surface area contributed by atoms with Gasteiger partial charge < -0.3 is 14.3 Å². The van der Waals surface area contributed by atoms with Crippen LogP contribution in [0.3, 0.4) is 0 Å². The summed E-state index contributed by atoms with van der Waals surface area (Å²) in [5.41, 5.74) is 1.03. The fourth-order valence-electron chi connectivity index (χ4n) is 1.34. The maximum absolute atomic E-state index is 10.3. The van der Waals surface area contributed by atoms with Crippen LogP contribution in [0.5, 0.6) is 0 Å². The van der Waals surface area contributed by atoms with Crippen LogP contribution in [-0.4, -0.2) is 6.29 Å². The van der Waals surface area contributed by atoms with Crippen molar-refractivity contribution in [3.8, 4) is 0 Å². The van der Waals surface area contributed by atoms with E-state index >= 15 is 0 Å². The van der Waals surface area contributed by atoms with Crippen molar-refractivity contribution in [2.24, 2.45) is 0 Å². The lowest BCUT2D eigenvalue weighted by atomic mass is 10.2. The summed E-state index contributed by atoms with van der Waals surface area (Å²) in [6.07, 6.45) is 4.99. The molecule has 2 rings (SSSR count). The van der Waals surface area contributed by atoms with E-state index in [0.717, 1.165) is 23.1 Å².